The number of nitrogens with zero attached hydrogens (tertiary/aromatic N) is 1. The van der Waals surface area contributed by atoms with Gasteiger partial charge >= 0.3 is 0 Å². The molecule has 0 unspecified atom stereocenters. The van der Waals surface area contributed by atoms with Gasteiger partial charge in [0.15, 0.2) is 0 Å². The average Bonchev–Trinajstić information content (AvgIpc) is 2.88. The highest BCUT2D eigenvalue weighted by Gasteiger charge is 2.32. The number of amides is 1. The maximum Gasteiger partial charge on any atom is 0.253 e. The van der Waals surface area contributed by atoms with Crippen molar-refractivity contribution in [3.05, 3.63) is 107 Å². The second-order valence-corrected chi connectivity index (χ2v) is 8.16. The van der Waals surface area contributed by atoms with Crippen molar-refractivity contribution in [2.24, 2.45) is 0 Å². The van der Waals surface area contributed by atoms with Crippen molar-refractivity contribution >= 4 is 11.5 Å². The molecule has 0 bridgehead atoms. The number of fused-ring (bicyclic) bond motifs is 1. The summed E-state index contributed by atoms with van der Waals surface area (Å²) in [4.78, 5) is 15.6. The van der Waals surface area contributed by atoms with E-state index in [0.717, 1.165) is 28.7 Å². The summed E-state index contributed by atoms with van der Waals surface area (Å²) >= 11 is 0. The summed E-state index contributed by atoms with van der Waals surface area (Å²) in [6.45, 7) is 4.22. The van der Waals surface area contributed by atoms with Crippen LogP contribution in [-0.4, -0.2) is 22.6 Å². The summed E-state index contributed by atoms with van der Waals surface area (Å²) in [7, 11) is 0. The van der Waals surface area contributed by atoms with E-state index in [-0.39, 0.29) is 23.7 Å². The molecule has 0 radical (unpaired) electrons. The van der Waals surface area contributed by atoms with E-state index in [1.165, 1.54) is 0 Å². The van der Waals surface area contributed by atoms with Gasteiger partial charge in [-0.15, -0.1) is 0 Å². The van der Waals surface area contributed by atoms with Crippen LogP contribution in [0.25, 0.3) is 5.57 Å². The van der Waals surface area contributed by atoms with E-state index in [1.807, 2.05) is 83.9 Å². The van der Waals surface area contributed by atoms with Crippen molar-refractivity contribution in [2.75, 3.05) is 6.67 Å². The molecular weight excluding hydrogens is 422 g/mol. The Balaban J connectivity index is 1.75. The summed E-state index contributed by atoms with van der Waals surface area (Å²) in [5, 5.41) is 17.0. The zero-order valence-corrected chi connectivity index (χ0v) is 19.5. The number of carbonyl (C=O) groups is 1. The van der Waals surface area contributed by atoms with Crippen LogP contribution in [0.4, 0.5) is 0 Å². The fourth-order valence-corrected chi connectivity index (χ4v) is 4.41. The van der Waals surface area contributed by atoms with E-state index in [2.05, 4.69) is 29.5 Å². The lowest BCUT2D eigenvalue weighted by atomic mass is 9.86. The Morgan fingerprint density at radius 3 is 2.38 bits per heavy atom. The van der Waals surface area contributed by atoms with Crippen LogP contribution in [0.15, 0.2) is 85.1 Å². The molecule has 3 aromatic carbocycles. The second-order valence-electron chi connectivity index (χ2n) is 8.16. The number of hydrogen-bond acceptors (Lipinski definition) is 4. The standard InChI is InChI=1S/C29H29N3O2/c1-3-18-30-20-32-19-25(29(34)31-26(4-2)21-12-6-5-7-13-21)22-14-8-9-15-23(22)28(32)24-16-10-11-17-27(24)33/h5-17,19,26,28,30,33H,4,20H2,1-2H3,(H,31,34)/t26-,28-/m0/s1. The highest BCUT2D eigenvalue weighted by molar-refractivity contribution is 6.20. The second kappa shape index (κ2) is 10.6. The van der Waals surface area contributed by atoms with Crippen molar-refractivity contribution in [1.82, 2.24) is 15.5 Å². The van der Waals surface area contributed by atoms with Crippen LogP contribution in [0.1, 0.15) is 54.6 Å². The monoisotopic (exact) mass is 451 g/mol. The van der Waals surface area contributed by atoms with Gasteiger partial charge in [-0.3, -0.25) is 4.79 Å². The Hall–Kier alpha value is -4.17. The first-order valence-electron chi connectivity index (χ1n) is 11.5. The van der Waals surface area contributed by atoms with Crippen molar-refractivity contribution in [3.63, 3.8) is 0 Å². The summed E-state index contributed by atoms with van der Waals surface area (Å²) in [5.41, 5.74) is 4.24. The molecule has 1 amide bonds. The summed E-state index contributed by atoms with van der Waals surface area (Å²) in [6, 6.07) is 27.7. The molecule has 0 saturated heterocycles. The van der Waals surface area contributed by atoms with Crippen molar-refractivity contribution in [2.45, 2.75) is 32.4 Å². The van der Waals surface area contributed by atoms with E-state index < -0.39 is 0 Å². The summed E-state index contributed by atoms with van der Waals surface area (Å²) < 4.78 is 0. The Labute approximate surface area is 201 Å². The maximum absolute atomic E-state index is 13.6. The van der Waals surface area contributed by atoms with E-state index in [9.17, 15) is 9.90 Å². The molecule has 1 aliphatic heterocycles. The average molecular weight is 452 g/mol. The topological polar surface area (TPSA) is 64.6 Å². The molecule has 0 fully saturated rings. The Morgan fingerprint density at radius 1 is 1.00 bits per heavy atom. The van der Waals surface area contributed by atoms with E-state index in [4.69, 9.17) is 0 Å². The molecule has 1 aliphatic rings. The first-order valence-corrected chi connectivity index (χ1v) is 11.5. The molecule has 5 nitrogen and oxygen atoms in total. The zero-order valence-electron chi connectivity index (χ0n) is 19.5. The fraction of sp³-hybridized carbons (Fsp3) is 0.207. The lowest BCUT2D eigenvalue weighted by molar-refractivity contribution is -0.116. The lowest BCUT2D eigenvalue weighted by Gasteiger charge is -2.37. The molecule has 1 heterocycles. The van der Waals surface area contributed by atoms with Gasteiger partial charge in [0, 0.05) is 17.8 Å². The highest BCUT2D eigenvalue weighted by atomic mass is 16.3. The van der Waals surface area contributed by atoms with Crippen LogP contribution < -0.4 is 10.6 Å². The molecule has 0 saturated carbocycles. The number of hydrogen-bond donors (Lipinski definition) is 3. The van der Waals surface area contributed by atoms with Crippen LogP contribution in [0.5, 0.6) is 5.75 Å². The van der Waals surface area contributed by atoms with Crippen molar-refractivity contribution in [3.8, 4) is 17.7 Å². The fourth-order valence-electron chi connectivity index (χ4n) is 4.41. The van der Waals surface area contributed by atoms with Gasteiger partial charge in [0.05, 0.1) is 24.3 Å². The van der Waals surface area contributed by atoms with Gasteiger partial charge in [-0.05, 0) is 36.1 Å². The normalized spacial score (nSPS) is 15.3. The predicted molar refractivity (Wildman–Crippen MR) is 135 cm³/mol. The first kappa shape index (κ1) is 23.0. The molecule has 2 atom stereocenters. The Kier molecular flexibility index (Phi) is 7.19. The van der Waals surface area contributed by atoms with Crippen molar-refractivity contribution in [1.29, 1.82) is 0 Å². The molecule has 5 heteroatoms. The van der Waals surface area contributed by atoms with Crippen LogP contribution in [0, 0.1) is 12.0 Å². The van der Waals surface area contributed by atoms with Gasteiger partial charge in [-0.25, -0.2) is 0 Å². The molecule has 4 rings (SSSR count). The molecule has 0 spiro atoms. The Morgan fingerprint density at radius 2 is 1.68 bits per heavy atom. The third-order valence-electron chi connectivity index (χ3n) is 6.04. The van der Waals surface area contributed by atoms with Gasteiger partial charge in [0.25, 0.3) is 5.91 Å². The third-order valence-corrected chi connectivity index (χ3v) is 6.04. The summed E-state index contributed by atoms with van der Waals surface area (Å²) in [5.74, 6) is 2.92. The highest BCUT2D eigenvalue weighted by Crippen LogP contribution is 2.41. The number of phenols is 1. The van der Waals surface area contributed by atoms with Crippen LogP contribution in [0.3, 0.4) is 0 Å². The minimum atomic E-state index is -0.267. The number of nitrogens with one attached hydrogen (secondary N) is 2. The molecule has 172 valence electrons. The SMILES string of the molecule is CC#CNCN1C=C(C(=O)N[C@@H](CC)c2ccccc2)c2ccccc2[C@H]1c1ccccc1O. The predicted octanol–water partition coefficient (Wildman–Crippen LogP) is 4.93. The van der Waals surface area contributed by atoms with Gasteiger partial charge < -0.3 is 20.6 Å². The van der Waals surface area contributed by atoms with Gasteiger partial charge in [-0.2, -0.15) is 0 Å². The molecule has 0 aromatic heterocycles. The van der Waals surface area contributed by atoms with E-state index in [0.29, 0.717) is 12.2 Å². The number of phenolic OH excluding ortho intramolecular Hbond substituents is 1. The van der Waals surface area contributed by atoms with Crippen LogP contribution in [0.2, 0.25) is 0 Å². The molecule has 3 N–H and O–H groups in total. The molecule has 0 aliphatic carbocycles. The molecular formula is C29H29N3O2. The van der Waals surface area contributed by atoms with E-state index in [1.54, 1.807) is 13.0 Å². The minimum absolute atomic E-state index is 0.0878. The number of carbonyl (C=O) groups excluding carboxylic acids is 1. The number of benzene rings is 3. The minimum Gasteiger partial charge on any atom is -0.508 e. The van der Waals surface area contributed by atoms with Crippen molar-refractivity contribution < 1.29 is 9.90 Å². The molecule has 34 heavy (non-hydrogen) atoms. The van der Waals surface area contributed by atoms with Crippen LogP contribution in [-0.2, 0) is 4.79 Å². The maximum atomic E-state index is 13.6. The first-order chi connectivity index (χ1) is 16.6. The summed E-state index contributed by atoms with van der Waals surface area (Å²) in [6.07, 6.45) is 2.65. The largest absolute Gasteiger partial charge is 0.508 e. The number of para-hydroxylation sites is 1. The third kappa shape index (κ3) is 4.77. The smallest absolute Gasteiger partial charge is 0.253 e. The molecule has 3 aromatic rings. The zero-order chi connectivity index (χ0) is 23.9. The van der Waals surface area contributed by atoms with Crippen LogP contribution >= 0.6 is 0 Å². The van der Waals surface area contributed by atoms with E-state index >= 15 is 0 Å². The number of aromatic hydroxyl groups is 1. The number of rotatable bonds is 7. The quantitative estimate of drug-likeness (QED) is 0.352. The van der Waals surface area contributed by atoms with Gasteiger partial charge in [0.2, 0.25) is 0 Å². The van der Waals surface area contributed by atoms with Gasteiger partial charge in [-0.1, -0.05) is 85.6 Å². The Bertz CT molecular complexity index is 1240. The lowest BCUT2D eigenvalue weighted by Crippen LogP contribution is -2.38. The van der Waals surface area contributed by atoms with Gasteiger partial charge in [0.1, 0.15) is 5.75 Å².